The van der Waals surface area contributed by atoms with E-state index in [0.717, 1.165) is 5.69 Å². The van der Waals surface area contributed by atoms with Gasteiger partial charge in [0.05, 0.1) is 12.6 Å². The lowest BCUT2D eigenvalue weighted by molar-refractivity contribution is 0.0703. The third-order valence-corrected chi connectivity index (χ3v) is 3.77. The Labute approximate surface area is 125 Å². The van der Waals surface area contributed by atoms with E-state index in [2.05, 4.69) is 21.3 Å². The molecule has 0 aromatic carbocycles. The molecule has 2 heterocycles. The predicted molar refractivity (Wildman–Crippen MR) is 80.8 cm³/mol. The van der Waals surface area contributed by atoms with Crippen LogP contribution >= 0.6 is 0 Å². The summed E-state index contributed by atoms with van der Waals surface area (Å²) in [4.78, 5) is 20.5. The first-order chi connectivity index (χ1) is 10.0. The third-order valence-electron chi connectivity index (χ3n) is 3.77. The summed E-state index contributed by atoms with van der Waals surface area (Å²) < 4.78 is 0. The second-order valence-electron chi connectivity index (χ2n) is 5.53. The first-order valence-electron chi connectivity index (χ1n) is 7.13. The number of nitrogens with one attached hydrogen (secondary N) is 1. The molecule has 0 saturated carbocycles. The quantitative estimate of drug-likeness (QED) is 0.842. The van der Waals surface area contributed by atoms with Crippen molar-refractivity contribution in [1.29, 1.82) is 5.26 Å². The number of aryl methyl sites for hydroxylation is 1. The molecule has 1 aromatic rings. The zero-order valence-corrected chi connectivity index (χ0v) is 12.7. The van der Waals surface area contributed by atoms with Crippen LogP contribution in [0.25, 0.3) is 0 Å². The van der Waals surface area contributed by atoms with Gasteiger partial charge < -0.3 is 4.90 Å². The van der Waals surface area contributed by atoms with Crippen LogP contribution in [0.5, 0.6) is 0 Å². The standard InChI is InChI=1S/C15H21N5O/c1-11-5-4-6-14(17-11)18-15(21)19-9-12(2)20(8-7-16)13(3)10-19/h4-6,12-13H,8-10H2,1-3H3,(H,17,18,21)/t12-,13+. The van der Waals surface area contributed by atoms with Crippen molar-refractivity contribution in [1.82, 2.24) is 14.8 Å². The van der Waals surface area contributed by atoms with Crippen molar-refractivity contribution in [3.05, 3.63) is 23.9 Å². The molecule has 0 spiro atoms. The molecule has 1 aliphatic heterocycles. The lowest BCUT2D eigenvalue weighted by atomic mass is 10.1. The minimum absolute atomic E-state index is 0.136. The highest BCUT2D eigenvalue weighted by Gasteiger charge is 2.31. The molecule has 2 rings (SSSR count). The summed E-state index contributed by atoms with van der Waals surface area (Å²) in [6.07, 6.45) is 0. The van der Waals surface area contributed by atoms with Gasteiger partial charge in [0, 0.05) is 30.9 Å². The number of piperazine rings is 1. The number of carbonyl (C=O) groups is 1. The Morgan fingerprint density at radius 3 is 2.67 bits per heavy atom. The minimum atomic E-state index is -0.136. The van der Waals surface area contributed by atoms with E-state index >= 15 is 0 Å². The van der Waals surface area contributed by atoms with E-state index in [-0.39, 0.29) is 18.1 Å². The van der Waals surface area contributed by atoms with Crippen LogP contribution in [-0.2, 0) is 0 Å². The van der Waals surface area contributed by atoms with Crippen LogP contribution in [0, 0.1) is 18.3 Å². The molecule has 1 aromatic heterocycles. The fourth-order valence-corrected chi connectivity index (χ4v) is 2.72. The summed E-state index contributed by atoms with van der Waals surface area (Å²) in [5, 5.41) is 11.7. The first kappa shape index (κ1) is 15.3. The van der Waals surface area contributed by atoms with Gasteiger partial charge in [-0.1, -0.05) is 6.07 Å². The van der Waals surface area contributed by atoms with Crippen molar-refractivity contribution in [2.45, 2.75) is 32.9 Å². The van der Waals surface area contributed by atoms with Crippen LogP contribution in [-0.4, -0.2) is 52.5 Å². The molecule has 0 bridgehead atoms. The van der Waals surface area contributed by atoms with E-state index in [1.165, 1.54) is 0 Å². The number of nitrogens with zero attached hydrogens (tertiary/aromatic N) is 4. The predicted octanol–water partition coefficient (Wildman–Crippen LogP) is 1.84. The number of pyridine rings is 1. The molecular weight excluding hydrogens is 266 g/mol. The maximum Gasteiger partial charge on any atom is 0.323 e. The van der Waals surface area contributed by atoms with Gasteiger partial charge in [-0.05, 0) is 32.9 Å². The maximum atomic E-state index is 12.3. The Bertz CT molecular complexity index is 541. The molecule has 1 fully saturated rings. The summed E-state index contributed by atoms with van der Waals surface area (Å²) in [6.45, 7) is 7.60. The molecule has 2 atom stereocenters. The van der Waals surface area contributed by atoms with Gasteiger partial charge >= 0.3 is 6.03 Å². The molecule has 6 heteroatoms. The second kappa shape index (κ2) is 6.55. The lowest BCUT2D eigenvalue weighted by Crippen LogP contribution is -2.58. The Hall–Kier alpha value is -2.13. The maximum absolute atomic E-state index is 12.3. The summed E-state index contributed by atoms with van der Waals surface area (Å²) in [7, 11) is 0. The van der Waals surface area contributed by atoms with Gasteiger partial charge in [0.1, 0.15) is 5.82 Å². The molecule has 1 aliphatic rings. The van der Waals surface area contributed by atoms with Crippen molar-refractivity contribution >= 4 is 11.8 Å². The van der Waals surface area contributed by atoms with Crippen LogP contribution in [0.4, 0.5) is 10.6 Å². The summed E-state index contributed by atoms with van der Waals surface area (Å²) >= 11 is 0. The molecule has 21 heavy (non-hydrogen) atoms. The number of nitriles is 1. The fourth-order valence-electron chi connectivity index (χ4n) is 2.72. The van der Waals surface area contributed by atoms with Crippen LogP contribution in [0.2, 0.25) is 0 Å². The zero-order valence-electron chi connectivity index (χ0n) is 12.7. The molecule has 1 N–H and O–H groups in total. The number of rotatable bonds is 2. The van der Waals surface area contributed by atoms with Gasteiger partial charge in [-0.3, -0.25) is 10.2 Å². The van der Waals surface area contributed by atoms with Crippen LogP contribution < -0.4 is 5.32 Å². The zero-order chi connectivity index (χ0) is 15.4. The van der Waals surface area contributed by atoms with Crippen LogP contribution in [0.3, 0.4) is 0 Å². The Morgan fingerprint density at radius 2 is 2.10 bits per heavy atom. The van der Waals surface area contributed by atoms with Crippen LogP contribution in [0.15, 0.2) is 18.2 Å². The van der Waals surface area contributed by atoms with E-state index < -0.39 is 0 Å². The molecule has 112 valence electrons. The highest BCUT2D eigenvalue weighted by Crippen LogP contribution is 2.16. The van der Waals surface area contributed by atoms with Crippen LogP contribution in [0.1, 0.15) is 19.5 Å². The Morgan fingerprint density at radius 1 is 1.43 bits per heavy atom. The van der Waals surface area contributed by atoms with Gasteiger partial charge in [0.15, 0.2) is 0 Å². The Balaban J connectivity index is 2.00. The van der Waals surface area contributed by atoms with Crippen molar-refractivity contribution < 1.29 is 4.79 Å². The monoisotopic (exact) mass is 287 g/mol. The summed E-state index contributed by atoms with van der Waals surface area (Å²) in [6, 6.07) is 7.93. The van der Waals surface area contributed by atoms with E-state index in [1.807, 2.05) is 32.9 Å². The van der Waals surface area contributed by atoms with Gasteiger partial charge in [0.2, 0.25) is 0 Å². The van der Waals surface area contributed by atoms with Gasteiger partial charge in [-0.2, -0.15) is 5.26 Å². The molecule has 6 nitrogen and oxygen atoms in total. The average Bonchev–Trinajstić information content (AvgIpc) is 2.42. The fraction of sp³-hybridized carbons (Fsp3) is 0.533. The van der Waals surface area contributed by atoms with Crippen molar-refractivity contribution in [2.24, 2.45) is 0 Å². The SMILES string of the molecule is Cc1cccc(NC(=O)N2C[C@@H](C)N(CC#N)[C@@H](C)C2)n1. The summed E-state index contributed by atoms with van der Waals surface area (Å²) in [5.74, 6) is 0.569. The number of carbonyl (C=O) groups excluding carboxylic acids is 1. The minimum Gasteiger partial charge on any atom is -0.321 e. The molecular formula is C15H21N5O. The number of hydrogen-bond donors (Lipinski definition) is 1. The summed E-state index contributed by atoms with van der Waals surface area (Å²) in [5.41, 5.74) is 0.869. The van der Waals surface area contributed by atoms with Gasteiger partial charge in [-0.15, -0.1) is 0 Å². The van der Waals surface area contributed by atoms with E-state index in [9.17, 15) is 4.79 Å². The van der Waals surface area contributed by atoms with Crippen molar-refractivity contribution in [3.63, 3.8) is 0 Å². The third kappa shape index (κ3) is 3.70. The molecule has 0 radical (unpaired) electrons. The number of urea groups is 1. The number of aromatic nitrogens is 1. The molecule has 0 aliphatic carbocycles. The smallest absolute Gasteiger partial charge is 0.321 e. The highest BCUT2D eigenvalue weighted by atomic mass is 16.2. The van der Waals surface area contributed by atoms with E-state index in [0.29, 0.717) is 25.5 Å². The van der Waals surface area contributed by atoms with Gasteiger partial charge in [-0.25, -0.2) is 9.78 Å². The second-order valence-corrected chi connectivity index (χ2v) is 5.53. The Kier molecular flexibility index (Phi) is 4.76. The molecule has 0 unspecified atom stereocenters. The largest absolute Gasteiger partial charge is 0.323 e. The first-order valence-corrected chi connectivity index (χ1v) is 7.13. The van der Waals surface area contributed by atoms with Gasteiger partial charge in [0.25, 0.3) is 0 Å². The normalized spacial score (nSPS) is 22.7. The lowest BCUT2D eigenvalue weighted by Gasteiger charge is -2.43. The number of anilines is 1. The van der Waals surface area contributed by atoms with E-state index in [1.54, 1.807) is 11.0 Å². The molecule has 1 saturated heterocycles. The number of hydrogen-bond acceptors (Lipinski definition) is 4. The number of amides is 2. The van der Waals surface area contributed by atoms with Crippen molar-refractivity contribution in [2.75, 3.05) is 25.0 Å². The topological polar surface area (TPSA) is 72.3 Å². The highest BCUT2D eigenvalue weighted by molar-refractivity contribution is 5.88. The molecule has 2 amide bonds. The van der Waals surface area contributed by atoms with Crippen molar-refractivity contribution in [3.8, 4) is 6.07 Å². The van der Waals surface area contributed by atoms with E-state index in [4.69, 9.17) is 5.26 Å². The average molecular weight is 287 g/mol.